The van der Waals surface area contributed by atoms with Gasteiger partial charge in [0.1, 0.15) is 11.6 Å². The van der Waals surface area contributed by atoms with Crippen molar-refractivity contribution in [1.82, 2.24) is 4.57 Å². The lowest BCUT2D eigenvalue weighted by molar-refractivity contribution is 0.414. The topological polar surface area (TPSA) is 14.2 Å². The van der Waals surface area contributed by atoms with Crippen LogP contribution in [0.15, 0.2) is 54.7 Å². The molecule has 96 valence electrons. The van der Waals surface area contributed by atoms with Gasteiger partial charge in [-0.05, 0) is 35.9 Å². The minimum absolute atomic E-state index is 0.179. The van der Waals surface area contributed by atoms with Gasteiger partial charge >= 0.3 is 0 Å². The number of ether oxygens (including phenoxy) is 1. The van der Waals surface area contributed by atoms with Gasteiger partial charge in [-0.15, -0.1) is 0 Å². The number of methoxy groups -OCH3 is 1. The molecule has 0 bridgehead atoms. The first-order valence-corrected chi connectivity index (χ1v) is 6.14. The number of aromatic nitrogens is 1. The fourth-order valence-corrected chi connectivity index (χ4v) is 2.29. The zero-order valence-electron chi connectivity index (χ0n) is 10.6. The molecular formula is C16H14FNO. The van der Waals surface area contributed by atoms with Crippen molar-refractivity contribution in [2.75, 3.05) is 7.11 Å². The van der Waals surface area contributed by atoms with E-state index < -0.39 is 0 Å². The van der Waals surface area contributed by atoms with E-state index >= 15 is 0 Å². The minimum Gasteiger partial charge on any atom is -0.497 e. The highest BCUT2D eigenvalue weighted by atomic mass is 19.1. The molecule has 1 heterocycles. The van der Waals surface area contributed by atoms with Gasteiger partial charge in [0.2, 0.25) is 0 Å². The monoisotopic (exact) mass is 255 g/mol. The Labute approximate surface area is 111 Å². The normalized spacial score (nSPS) is 10.8. The highest BCUT2D eigenvalue weighted by Gasteiger charge is 2.05. The van der Waals surface area contributed by atoms with Crippen LogP contribution in [-0.2, 0) is 6.54 Å². The van der Waals surface area contributed by atoms with Crippen LogP contribution >= 0.6 is 0 Å². The maximum atomic E-state index is 13.6. The summed E-state index contributed by atoms with van der Waals surface area (Å²) in [7, 11) is 1.65. The molecule has 0 spiro atoms. The van der Waals surface area contributed by atoms with E-state index in [1.54, 1.807) is 13.2 Å². The van der Waals surface area contributed by atoms with E-state index in [0.29, 0.717) is 11.9 Å². The molecule has 3 heteroatoms. The molecule has 3 aromatic rings. The highest BCUT2D eigenvalue weighted by Crippen LogP contribution is 2.21. The zero-order valence-corrected chi connectivity index (χ0v) is 10.6. The summed E-state index contributed by atoms with van der Waals surface area (Å²) in [5.74, 6) is 0.655. The van der Waals surface area contributed by atoms with E-state index in [4.69, 9.17) is 4.74 Å². The number of benzene rings is 2. The highest BCUT2D eigenvalue weighted by molar-refractivity contribution is 5.80. The lowest BCUT2D eigenvalue weighted by atomic mass is 10.2. The van der Waals surface area contributed by atoms with Gasteiger partial charge in [-0.1, -0.05) is 18.2 Å². The number of halogens is 1. The number of hydrogen-bond acceptors (Lipinski definition) is 1. The standard InChI is InChI=1S/C16H14FNO/c1-19-13-5-2-4-12(10-13)11-18-9-8-14-15(17)6-3-7-16(14)18/h2-10H,11H2,1H3. The Morgan fingerprint density at radius 2 is 1.95 bits per heavy atom. The van der Waals surface area contributed by atoms with Crippen LogP contribution in [0.3, 0.4) is 0 Å². The summed E-state index contributed by atoms with van der Waals surface area (Å²) in [5, 5.41) is 0.658. The number of fused-ring (bicyclic) bond motifs is 1. The molecule has 1 aromatic heterocycles. The Hall–Kier alpha value is -2.29. The quantitative estimate of drug-likeness (QED) is 0.693. The predicted octanol–water partition coefficient (Wildman–Crippen LogP) is 3.84. The van der Waals surface area contributed by atoms with Gasteiger partial charge in [-0.2, -0.15) is 0 Å². The molecule has 0 aliphatic rings. The molecule has 0 aliphatic heterocycles. The smallest absolute Gasteiger partial charge is 0.132 e. The van der Waals surface area contributed by atoms with E-state index in [0.717, 1.165) is 16.8 Å². The van der Waals surface area contributed by atoms with Crippen LogP contribution in [0.2, 0.25) is 0 Å². The second-order valence-corrected chi connectivity index (χ2v) is 4.47. The summed E-state index contributed by atoms with van der Waals surface area (Å²) in [6.07, 6.45) is 1.91. The van der Waals surface area contributed by atoms with Crippen LogP contribution in [-0.4, -0.2) is 11.7 Å². The average molecular weight is 255 g/mol. The summed E-state index contributed by atoms with van der Waals surface area (Å²) in [6, 6.07) is 14.9. The Kier molecular flexibility index (Phi) is 2.95. The van der Waals surface area contributed by atoms with E-state index in [-0.39, 0.29) is 5.82 Å². The predicted molar refractivity (Wildman–Crippen MR) is 74.0 cm³/mol. The van der Waals surface area contributed by atoms with Crippen molar-refractivity contribution in [2.24, 2.45) is 0 Å². The molecule has 0 atom stereocenters. The van der Waals surface area contributed by atoms with Crippen molar-refractivity contribution in [3.05, 3.63) is 66.1 Å². The summed E-state index contributed by atoms with van der Waals surface area (Å²) < 4.78 is 20.9. The molecule has 0 fully saturated rings. The zero-order chi connectivity index (χ0) is 13.2. The first kappa shape index (κ1) is 11.8. The van der Waals surface area contributed by atoms with Crippen molar-refractivity contribution >= 4 is 10.9 Å². The second-order valence-electron chi connectivity index (χ2n) is 4.47. The van der Waals surface area contributed by atoms with E-state index in [1.807, 2.05) is 47.2 Å². The van der Waals surface area contributed by atoms with Crippen molar-refractivity contribution < 1.29 is 9.13 Å². The lowest BCUT2D eigenvalue weighted by Gasteiger charge is -2.07. The lowest BCUT2D eigenvalue weighted by Crippen LogP contribution is -1.98. The molecule has 2 nitrogen and oxygen atoms in total. The summed E-state index contributed by atoms with van der Waals surface area (Å²) >= 11 is 0. The van der Waals surface area contributed by atoms with E-state index in [1.165, 1.54) is 6.07 Å². The van der Waals surface area contributed by atoms with E-state index in [2.05, 4.69) is 0 Å². The SMILES string of the molecule is COc1cccc(Cn2ccc3c(F)cccc32)c1. The number of rotatable bonds is 3. The van der Waals surface area contributed by atoms with Gasteiger partial charge in [-0.25, -0.2) is 4.39 Å². The summed E-state index contributed by atoms with van der Waals surface area (Å²) in [6.45, 7) is 0.699. The fraction of sp³-hybridized carbons (Fsp3) is 0.125. The molecule has 0 N–H and O–H groups in total. The van der Waals surface area contributed by atoms with Gasteiger partial charge in [0.25, 0.3) is 0 Å². The molecule has 0 amide bonds. The van der Waals surface area contributed by atoms with E-state index in [9.17, 15) is 4.39 Å². The third-order valence-corrected chi connectivity index (χ3v) is 3.25. The van der Waals surface area contributed by atoms with Gasteiger partial charge < -0.3 is 9.30 Å². The summed E-state index contributed by atoms with van der Waals surface area (Å²) in [5.41, 5.74) is 2.03. The molecule has 0 unspecified atom stereocenters. The third kappa shape index (κ3) is 2.19. The Morgan fingerprint density at radius 3 is 2.79 bits per heavy atom. The molecule has 0 saturated carbocycles. The maximum absolute atomic E-state index is 13.6. The van der Waals surface area contributed by atoms with Crippen molar-refractivity contribution in [3.63, 3.8) is 0 Å². The van der Waals surface area contributed by atoms with Crippen LogP contribution in [0.5, 0.6) is 5.75 Å². The first-order chi connectivity index (χ1) is 9.28. The molecule has 0 saturated heterocycles. The number of nitrogens with zero attached hydrogens (tertiary/aromatic N) is 1. The molecule has 2 aromatic carbocycles. The number of hydrogen-bond donors (Lipinski definition) is 0. The molecule has 0 aliphatic carbocycles. The van der Waals surface area contributed by atoms with Crippen LogP contribution in [0.25, 0.3) is 10.9 Å². The molecular weight excluding hydrogens is 241 g/mol. The van der Waals surface area contributed by atoms with Crippen molar-refractivity contribution in [3.8, 4) is 5.75 Å². The van der Waals surface area contributed by atoms with Gasteiger partial charge in [0, 0.05) is 18.1 Å². The first-order valence-electron chi connectivity index (χ1n) is 6.14. The van der Waals surface area contributed by atoms with Crippen molar-refractivity contribution in [2.45, 2.75) is 6.54 Å². The van der Waals surface area contributed by atoms with Crippen LogP contribution in [0.4, 0.5) is 4.39 Å². The van der Waals surface area contributed by atoms with Crippen LogP contribution < -0.4 is 4.74 Å². The molecule has 19 heavy (non-hydrogen) atoms. The fourth-order valence-electron chi connectivity index (χ4n) is 2.29. The maximum Gasteiger partial charge on any atom is 0.132 e. The van der Waals surface area contributed by atoms with Crippen LogP contribution in [0, 0.1) is 5.82 Å². The van der Waals surface area contributed by atoms with Gasteiger partial charge in [0.15, 0.2) is 0 Å². The Morgan fingerprint density at radius 1 is 1.11 bits per heavy atom. The largest absolute Gasteiger partial charge is 0.497 e. The summed E-state index contributed by atoms with van der Waals surface area (Å²) in [4.78, 5) is 0. The Balaban J connectivity index is 1.99. The molecule has 3 rings (SSSR count). The van der Waals surface area contributed by atoms with Gasteiger partial charge in [0.05, 0.1) is 12.6 Å². The minimum atomic E-state index is -0.179. The van der Waals surface area contributed by atoms with Crippen LogP contribution in [0.1, 0.15) is 5.56 Å². The third-order valence-electron chi connectivity index (χ3n) is 3.25. The average Bonchev–Trinajstić information content (AvgIpc) is 2.84. The van der Waals surface area contributed by atoms with Gasteiger partial charge in [-0.3, -0.25) is 0 Å². The second kappa shape index (κ2) is 4.76. The van der Waals surface area contributed by atoms with Crippen molar-refractivity contribution in [1.29, 1.82) is 0 Å². The molecule has 0 radical (unpaired) electrons. The Bertz CT molecular complexity index is 718.